The summed E-state index contributed by atoms with van der Waals surface area (Å²) < 4.78 is 11.2. The third kappa shape index (κ3) is 6.09. The van der Waals surface area contributed by atoms with Crippen molar-refractivity contribution in [2.24, 2.45) is 11.8 Å². The molecule has 32 heavy (non-hydrogen) atoms. The second kappa shape index (κ2) is 8.85. The molecular weight excluding hydrogens is 410 g/mol. The van der Waals surface area contributed by atoms with E-state index in [0.29, 0.717) is 5.56 Å². The molecule has 1 aromatic rings. The largest absolute Gasteiger partial charge is 0.460 e. The van der Waals surface area contributed by atoms with E-state index in [4.69, 9.17) is 9.47 Å². The van der Waals surface area contributed by atoms with Gasteiger partial charge in [-0.3, -0.25) is 14.4 Å². The highest BCUT2D eigenvalue weighted by molar-refractivity contribution is 6.03. The Bertz CT molecular complexity index is 858. The van der Waals surface area contributed by atoms with Crippen molar-refractivity contribution in [1.29, 1.82) is 0 Å². The number of ether oxygens (including phenoxy) is 2. The first-order valence-electron chi connectivity index (χ1n) is 10.9. The van der Waals surface area contributed by atoms with Gasteiger partial charge < -0.3 is 19.5 Å². The van der Waals surface area contributed by atoms with Gasteiger partial charge in [0.2, 0.25) is 0 Å². The molecule has 0 saturated heterocycles. The molecule has 1 fully saturated rings. The standard InChI is InChI=1S/C25H37NO6/c1-23(2,3)31-21(28)19-17(27)14-25(7,30)20(22(29)32-24(4,5)6)18(19)15-10-12-16(13-11-15)26(8)9/h10-13,18-20,30H,14H2,1-9H3/t18-,19+,20+,25-/m0/s1. The number of Topliss-reactive ketones (excluding diaryl/α,β-unsaturated/α-hetero) is 1. The quantitative estimate of drug-likeness (QED) is 0.558. The maximum atomic E-state index is 13.3. The van der Waals surface area contributed by atoms with Crippen molar-refractivity contribution < 1.29 is 29.0 Å². The summed E-state index contributed by atoms with van der Waals surface area (Å²) in [7, 11) is 3.80. The van der Waals surface area contributed by atoms with Crippen molar-refractivity contribution >= 4 is 23.4 Å². The van der Waals surface area contributed by atoms with Crippen LogP contribution in [0.1, 0.15) is 66.4 Å². The molecule has 7 nitrogen and oxygen atoms in total. The van der Waals surface area contributed by atoms with Crippen LogP contribution >= 0.6 is 0 Å². The van der Waals surface area contributed by atoms with Crippen molar-refractivity contribution in [2.45, 2.75) is 77.6 Å². The zero-order valence-electron chi connectivity index (χ0n) is 20.7. The number of hydrogen-bond acceptors (Lipinski definition) is 7. The normalized spacial score (nSPS) is 26.4. The minimum atomic E-state index is -1.68. The lowest BCUT2D eigenvalue weighted by Gasteiger charge is -2.44. The number of carbonyl (C=O) groups is 3. The van der Waals surface area contributed by atoms with E-state index < -0.39 is 52.3 Å². The van der Waals surface area contributed by atoms with Gasteiger partial charge in [-0.1, -0.05) is 12.1 Å². The topological polar surface area (TPSA) is 93.1 Å². The van der Waals surface area contributed by atoms with Crippen molar-refractivity contribution in [3.05, 3.63) is 29.8 Å². The van der Waals surface area contributed by atoms with Crippen molar-refractivity contribution in [3.63, 3.8) is 0 Å². The van der Waals surface area contributed by atoms with Crippen LogP contribution < -0.4 is 4.90 Å². The van der Waals surface area contributed by atoms with Gasteiger partial charge in [-0.2, -0.15) is 0 Å². The maximum Gasteiger partial charge on any atom is 0.317 e. The summed E-state index contributed by atoms with van der Waals surface area (Å²) in [5, 5.41) is 11.2. The molecule has 0 unspecified atom stereocenters. The van der Waals surface area contributed by atoms with Gasteiger partial charge in [0.15, 0.2) is 5.78 Å². The molecule has 1 aliphatic rings. The molecule has 0 amide bonds. The minimum absolute atomic E-state index is 0.340. The Morgan fingerprint density at radius 1 is 0.969 bits per heavy atom. The molecule has 0 radical (unpaired) electrons. The minimum Gasteiger partial charge on any atom is -0.460 e. The summed E-state index contributed by atoms with van der Waals surface area (Å²) in [6, 6.07) is 7.26. The zero-order chi connectivity index (χ0) is 24.6. The fourth-order valence-electron chi connectivity index (χ4n) is 4.14. The van der Waals surface area contributed by atoms with Gasteiger partial charge in [0.1, 0.15) is 17.1 Å². The molecule has 1 aliphatic carbocycles. The predicted molar refractivity (Wildman–Crippen MR) is 122 cm³/mol. The highest BCUT2D eigenvalue weighted by Crippen LogP contribution is 2.47. The number of carbonyl (C=O) groups excluding carboxylic acids is 3. The Labute approximate surface area is 191 Å². The molecule has 0 spiro atoms. The Kier molecular flexibility index (Phi) is 7.15. The van der Waals surface area contributed by atoms with Gasteiger partial charge in [-0.05, 0) is 66.2 Å². The Morgan fingerprint density at radius 2 is 1.44 bits per heavy atom. The van der Waals surface area contributed by atoms with Crippen LogP contribution in [-0.4, -0.2) is 53.7 Å². The molecule has 2 rings (SSSR count). The molecule has 0 aliphatic heterocycles. The molecule has 1 saturated carbocycles. The lowest BCUT2D eigenvalue weighted by atomic mass is 9.61. The molecule has 7 heteroatoms. The van der Waals surface area contributed by atoms with Crippen LogP contribution in [0.2, 0.25) is 0 Å². The number of benzene rings is 1. The van der Waals surface area contributed by atoms with E-state index in [1.807, 2.05) is 31.1 Å². The summed E-state index contributed by atoms with van der Waals surface area (Å²) in [6.45, 7) is 11.8. The molecule has 0 bridgehead atoms. The number of esters is 2. The Hall–Kier alpha value is -2.41. The van der Waals surface area contributed by atoms with E-state index in [2.05, 4.69) is 0 Å². The van der Waals surface area contributed by atoms with E-state index in [0.717, 1.165) is 5.69 Å². The van der Waals surface area contributed by atoms with Gasteiger partial charge in [0.05, 0.1) is 11.5 Å². The van der Waals surface area contributed by atoms with Crippen molar-refractivity contribution in [3.8, 4) is 0 Å². The lowest BCUT2D eigenvalue weighted by molar-refractivity contribution is -0.182. The third-order valence-corrected chi connectivity index (χ3v) is 5.38. The van der Waals surface area contributed by atoms with E-state index >= 15 is 0 Å². The average Bonchev–Trinajstić information content (AvgIpc) is 2.56. The monoisotopic (exact) mass is 447 g/mol. The van der Waals surface area contributed by atoms with E-state index in [1.54, 1.807) is 53.7 Å². The summed E-state index contributed by atoms with van der Waals surface area (Å²) in [6.07, 6.45) is -0.340. The molecule has 0 aromatic heterocycles. The predicted octanol–water partition coefficient (Wildman–Crippen LogP) is 3.48. The Morgan fingerprint density at radius 3 is 1.88 bits per heavy atom. The first kappa shape index (κ1) is 25.8. The molecular formula is C25H37NO6. The molecule has 1 aromatic carbocycles. The Balaban J connectivity index is 2.64. The van der Waals surface area contributed by atoms with E-state index in [1.165, 1.54) is 6.92 Å². The van der Waals surface area contributed by atoms with Crippen LogP contribution in [0.4, 0.5) is 5.69 Å². The van der Waals surface area contributed by atoms with Gasteiger partial charge in [0.25, 0.3) is 0 Å². The fourth-order valence-corrected chi connectivity index (χ4v) is 4.14. The summed E-state index contributed by atoms with van der Waals surface area (Å²) in [4.78, 5) is 41.5. The van der Waals surface area contributed by atoms with Crippen LogP contribution in [0, 0.1) is 11.8 Å². The van der Waals surface area contributed by atoms with Crippen LogP contribution in [0.3, 0.4) is 0 Å². The number of rotatable bonds is 4. The van der Waals surface area contributed by atoms with Crippen LogP contribution in [0.5, 0.6) is 0 Å². The second-order valence-electron chi connectivity index (χ2n) is 11.0. The first-order valence-corrected chi connectivity index (χ1v) is 10.9. The molecule has 0 heterocycles. The smallest absolute Gasteiger partial charge is 0.317 e. The molecule has 4 atom stereocenters. The number of nitrogens with zero attached hydrogens (tertiary/aromatic N) is 1. The fraction of sp³-hybridized carbons (Fsp3) is 0.640. The maximum absolute atomic E-state index is 13.3. The number of ketones is 1. The molecule has 1 N–H and O–H groups in total. The van der Waals surface area contributed by atoms with Gasteiger partial charge >= 0.3 is 11.9 Å². The van der Waals surface area contributed by atoms with Gasteiger partial charge in [0, 0.05) is 32.1 Å². The number of anilines is 1. The number of aliphatic hydroxyl groups is 1. The van der Waals surface area contributed by atoms with Gasteiger partial charge in [-0.15, -0.1) is 0 Å². The van der Waals surface area contributed by atoms with Crippen LogP contribution in [0.25, 0.3) is 0 Å². The van der Waals surface area contributed by atoms with E-state index in [9.17, 15) is 19.5 Å². The van der Waals surface area contributed by atoms with Crippen molar-refractivity contribution in [1.82, 2.24) is 0 Å². The summed E-state index contributed by atoms with van der Waals surface area (Å²) in [5.74, 6) is -5.07. The van der Waals surface area contributed by atoms with Crippen LogP contribution in [-0.2, 0) is 23.9 Å². The second-order valence-corrected chi connectivity index (χ2v) is 11.0. The van der Waals surface area contributed by atoms with Crippen molar-refractivity contribution in [2.75, 3.05) is 19.0 Å². The summed E-state index contributed by atoms with van der Waals surface area (Å²) >= 11 is 0. The van der Waals surface area contributed by atoms with E-state index in [-0.39, 0.29) is 6.42 Å². The highest BCUT2D eigenvalue weighted by Gasteiger charge is 2.57. The van der Waals surface area contributed by atoms with Crippen LogP contribution in [0.15, 0.2) is 24.3 Å². The van der Waals surface area contributed by atoms with Gasteiger partial charge in [-0.25, -0.2) is 0 Å². The number of hydrogen-bond donors (Lipinski definition) is 1. The highest BCUT2D eigenvalue weighted by atomic mass is 16.6. The lowest BCUT2D eigenvalue weighted by Crippen LogP contribution is -2.56. The average molecular weight is 448 g/mol. The summed E-state index contributed by atoms with van der Waals surface area (Å²) in [5.41, 5.74) is -1.77. The molecule has 178 valence electrons. The SMILES string of the molecule is CN(C)c1ccc([C@H]2[C@H](C(=O)OC(C)(C)C)C(=O)C[C@](C)(O)[C@H]2C(=O)OC(C)(C)C)cc1. The zero-order valence-corrected chi connectivity index (χ0v) is 20.7. The first-order chi connectivity index (χ1) is 14.4. The third-order valence-electron chi connectivity index (χ3n) is 5.38.